The third-order valence-corrected chi connectivity index (χ3v) is 3.01. The minimum absolute atomic E-state index is 0.211. The number of aromatic nitrogens is 2. The van der Waals surface area contributed by atoms with Crippen LogP contribution < -0.4 is 0 Å². The molecule has 2 rings (SSSR count). The average Bonchev–Trinajstić information content (AvgIpc) is 2.78. The molecule has 0 saturated heterocycles. The van der Waals surface area contributed by atoms with E-state index in [9.17, 15) is 0 Å². The van der Waals surface area contributed by atoms with Crippen molar-refractivity contribution in [2.45, 2.75) is 39.2 Å². The van der Waals surface area contributed by atoms with Gasteiger partial charge in [-0.2, -0.15) is 0 Å². The van der Waals surface area contributed by atoms with Crippen LogP contribution in [-0.4, -0.2) is 21.3 Å². The summed E-state index contributed by atoms with van der Waals surface area (Å²) in [4.78, 5) is 4.66. The molecule has 0 aliphatic carbocycles. The van der Waals surface area contributed by atoms with Crippen molar-refractivity contribution in [3.05, 3.63) is 30.1 Å². The SMILES string of the molecule is CCCn1c(CC#CCCCO)nc2ccccc21. The van der Waals surface area contributed by atoms with E-state index in [-0.39, 0.29) is 6.61 Å². The van der Waals surface area contributed by atoms with Crippen LogP contribution in [0.5, 0.6) is 0 Å². The summed E-state index contributed by atoms with van der Waals surface area (Å²) in [6.07, 6.45) is 3.27. The second-order valence-electron chi connectivity index (χ2n) is 4.53. The van der Waals surface area contributed by atoms with Gasteiger partial charge in [0, 0.05) is 19.6 Å². The smallest absolute Gasteiger partial charge is 0.121 e. The van der Waals surface area contributed by atoms with E-state index >= 15 is 0 Å². The Hall–Kier alpha value is -1.79. The van der Waals surface area contributed by atoms with Crippen molar-refractivity contribution in [1.29, 1.82) is 0 Å². The van der Waals surface area contributed by atoms with Crippen molar-refractivity contribution in [2.75, 3.05) is 6.61 Å². The summed E-state index contributed by atoms with van der Waals surface area (Å²) in [5, 5.41) is 8.71. The normalized spacial score (nSPS) is 10.4. The Morgan fingerprint density at radius 1 is 1.26 bits per heavy atom. The maximum absolute atomic E-state index is 8.71. The van der Waals surface area contributed by atoms with Crippen LogP contribution in [0.1, 0.15) is 32.0 Å². The van der Waals surface area contributed by atoms with Gasteiger partial charge in [0.2, 0.25) is 0 Å². The molecule has 0 aliphatic rings. The van der Waals surface area contributed by atoms with E-state index in [2.05, 4.69) is 34.4 Å². The molecule has 0 unspecified atom stereocenters. The van der Waals surface area contributed by atoms with E-state index in [4.69, 9.17) is 5.11 Å². The van der Waals surface area contributed by atoms with Gasteiger partial charge >= 0.3 is 0 Å². The Morgan fingerprint density at radius 3 is 2.89 bits per heavy atom. The second-order valence-corrected chi connectivity index (χ2v) is 4.53. The predicted octanol–water partition coefficient (Wildman–Crippen LogP) is 2.76. The zero-order valence-electron chi connectivity index (χ0n) is 11.4. The van der Waals surface area contributed by atoms with Gasteiger partial charge < -0.3 is 9.67 Å². The lowest BCUT2D eigenvalue weighted by Crippen LogP contribution is -2.02. The van der Waals surface area contributed by atoms with Gasteiger partial charge in [-0.1, -0.05) is 25.0 Å². The highest BCUT2D eigenvalue weighted by Crippen LogP contribution is 2.16. The molecular weight excluding hydrogens is 236 g/mol. The van der Waals surface area contributed by atoms with Crippen LogP contribution in [0.15, 0.2) is 24.3 Å². The highest BCUT2D eigenvalue weighted by molar-refractivity contribution is 5.75. The summed E-state index contributed by atoms with van der Waals surface area (Å²) >= 11 is 0. The number of benzene rings is 1. The molecule has 0 fully saturated rings. The number of nitrogens with zero attached hydrogens (tertiary/aromatic N) is 2. The molecule has 1 aromatic heterocycles. The summed E-state index contributed by atoms with van der Waals surface area (Å²) in [7, 11) is 0. The molecule has 1 heterocycles. The van der Waals surface area contributed by atoms with E-state index in [0.717, 1.165) is 37.1 Å². The number of unbranched alkanes of at least 4 members (excludes halogenated alkanes) is 1. The zero-order valence-corrected chi connectivity index (χ0v) is 11.4. The van der Waals surface area contributed by atoms with Gasteiger partial charge in [-0.05, 0) is 25.0 Å². The number of aryl methyl sites for hydroxylation is 1. The van der Waals surface area contributed by atoms with Crippen LogP contribution in [-0.2, 0) is 13.0 Å². The molecule has 100 valence electrons. The maximum Gasteiger partial charge on any atom is 0.121 e. The van der Waals surface area contributed by atoms with Crippen molar-refractivity contribution < 1.29 is 5.11 Å². The third kappa shape index (κ3) is 3.36. The molecule has 2 aromatic rings. The van der Waals surface area contributed by atoms with Crippen LogP contribution in [0.4, 0.5) is 0 Å². The maximum atomic E-state index is 8.71. The average molecular weight is 256 g/mol. The van der Waals surface area contributed by atoms with E-state index in [1.54, 1.807) is 0 Å². The summed E-state index contributed by atoms with van der Waals surface area (Å²) < 4.78 is 2.26. The molecule has 0 amide bonds. The first-order chi connectivity index (χ1) is 9.36. The first-order valence-electron chi connectivity index (χ1n) is 6.87. The highest BCUT2D eigenvalue weighted by Gasteiger charge is 2.07. The number of aliphatic hydroxyl groups excluding tert-OH is 1. The lowest BCUT2D eigenvalue weighted by atomic mass is 10.3. The molecule has 0 aliphatic heterocycles. The number of rotatable bonds is 5. The van der Waals surface area contributed by atoms with Crippen molar-refractivity contribution in [3.8, 4) is 11.8 Å². The molecular formula is C16H20N2O. The minimum atomic E-state index is 0.211. The van der Waals surface area contributed by atoms with Crippen LogP contribution in [0.2, 0.25) is 0 Å². The first-order valence-corrected chi connectivity index (χ1v) is 6.87. The van der Waals surface area contributed by atoms with Crippen LogP contribution in [0, 0.1) is 11.8 Å². The first kappa shape index (κ1) is 13.6. The zero-order chi connectivity index (χ0) is 13.5. The minimum Gasteiger partial charge on any atom is -0.396 e. The van der Waals surface area contributed by atoms with E-state index in [1.807, 2.05) is 18.2 Å². The van der Waals surface area contributed by atoms with Gasteiger partial charge in [0.15, 0.2) is 0 Å². The fraction of sp³-hybridized carbons (Fsp3) is 0.438. The summed E-state index contributed by atoms with van der Waals surface area (Å²) in [6, 6.07) is 8.22. The lowest BCUT2D eigenvalue weighted by molar-refractivity contribution is 0.290. The molecule has 3 nitrogen and oxygen atoms in total. The van der Waals surface area contributed by atoms with Gasteiger partial charge in [0.25, 0.3) is 0 Å². The van der Waals surface area contributed by atoms with E-state index in [1.165, 1.54) is 5.52 Å². The van der Waals surface area contributed by atoms with Crippen LogP contribution >= 0.6 is 0 Å². The summed E-state index contributed by atoms with van der Waals surface area (Å²) in [6.45, 7) is 3.36. The van der Waals surface area contributed by atoms with E-state index < -0.39 is 0 Å². The van der Waals surface area contributed by atoms with Gasteiger partial charge in [0.05, 0.1) is 17.5 Å². The molecule has 1 aromatic carbocycles. The predicted molar refractivity (Wildman–Crippen MR) is 77.8 cm³/mol. The number of fused-ring (bicyclic) bond motifs is 1. The molecule has 3 heteroatoms. The van der Waals surface area contributed by atoms with Crippen LogP contribution in [0.25, 0.3) is 11.0 Å². The Bertz CT molecular complexity index is 590. The fourth-order valence-electron chi connectivity index (χ4n) is 2.13. The third-order valence-electron chi connectivity index (χ3n) is 3.01. The molecule has 0 radical (unpaired) electrons. The molecule has 0 bridgehead atoms. The Labute approximate surface area is 114 Å². The highest BCUT2D eigenvalue weighted by atomic mass is 16.2. The number of hydrogen-bond acceptors (Lipinski definition) is 2. The molecule has 19 heavy (non-hydrogen) atoms. The largest absolute Gasteiger partial charge is 0.396 e. The molecule has 0 atom stereocenters. The van der Waals surface area contributed by atoms with Gasteiger partial charge in [0.1, 0.15) is 5.82 Å². The van der Waals surface area contributed by atoms with E-state index in [0.29, 0.717) is 6.42 Å². The number of hydrogen-bond donors (Lipinski definition) is 1. The second kappa shape index (κ2) is 6.96. The Balaban J connectivity index is 2.20. The lowest BCUT2D eigenvalue weighted by Gasteiger charge is -2.04. The van der Waals surface area contributed by atoms with Gasteiger partial charge in [-0.3, -0.25) is 0 Å². The van der Waals surface area contributed by atoms with Crippen molar-refractivity contribution >= 4 is 11.0 Å². The van der Waals surface area contributed by atoms with Crippen LogP contribution in [0.3, 0.4) is 0 Å². The van der Waals surface area contributed by atoms with Gasteiger partial charge in [-0.25, -0.2) is 4.98 Å². The van der Waals surface area contributed by atoms with Crippen molar-refractivity contribution in [1.82, 2.24) is 9.55 Å². The summed E-state index contributed by atoms with van der Waals surface area (Å²) in [5.41, 5.74) is 2.24. The molecule has 1 N–H and O–H groups in total. The number of aliphatic hydroxyl groups is 1. The quantitative estimate of drug-likeness (QED) is 0.660. The Morgan fingerprint density at radius 2 is 2.11 bits per heavy atom. The monoisotopic (exact) mass is 256 g/mol. The fourth-order valence-corrected chi connectivity index (χ4v) is 2.13. The summed E-state index contributed by atoms with van der Waals surface area (Å²) in [5.74, 6) is 7.28. The number of imidazole rings is 1. The topological polar surface area (TPSA) is 38.0 Å². The molecule has 0 spiro atoms. The van der Waals surface area contributed by atoms with Crippen molar-refractivity contribution in [2.24, 2.45) is 0 Å². The Kier molecular flexibility index (Phi) is 5.00. The molecule has 0 saturated carbocycles. The standard InChI is InChI=1S/C16H20N2O/c1-2-12-18-15-10-7-6-9-14(15)17-16(18)11-5-3-4-8-13-19/h6-7,9-10,19H,2,4,8,11-13H2,1H3. The number of para-hydroxylation sites is 2. The van der Waals surface area contributed by atoms with Gasteiger partial charge in [-0.15, -0.1) is 5.92 Å². The van der Waals surface area contributed by atoms with Crippen molar-refractivity contribution in [3.63, 3.8) is 0 Å².